The highest BCUT2D eigenvalue weighted by atomic mass is 19.1. The SMILES string of the molecule is COCCC(CNC1CC1)c1ccccc1F. The van der Waals surface area contributed by atoms with Crippen molar-refractivity contribution in [2.24, 2.45) is 0 Å². The number of methoxy groups -OCH3 is 1. The largest absolute Gasteiger partial charge is 0.385 e. The van der Waals surface area contributed by atoms with Crippen LogP contribution in [0, 0.1) is 5.82 Å². The molecule has 1 N–H and O–H groups in total. The Morgan fingerprint density at radius 2 is 2.18 bits per heavy atom. The Labute approximate surface area is 102 Å². The van der Waals surface area contributed by atoms with E-state index in [1.54, 1.807) is 13.2 Å². The smallest absolute Gasteiger partial charge is 0.126 e. The molecule has 2 rings (SSSR count). The van der Waals surface area contributed by atoms with E-state index >= 15 is 0 Å². The molecule has 94 valence electrons. The second kappa shape index (κ2) is 6.12. The molecule has 0 heterocycles. The van der Waals surface area contributed by atoms with Gasteiger partial charge in [0.15, 0.2) is 0 Å². The van der Waals surface area contributed by atoms with E-state index in [2.05, 4.69) is 5.32 Å². The third-order valence-corrected chi connectivity index (χ3v) is 3.25. The van der Waals surface area contributed by atoms with E-state index in [1.165, 1.54) is 18.9 Å². The van der Waals surface area contributed by atoms with Crippen LogP contribution in [-0.4, -0.2) is 26.3 Å². The first kappa shape index (κ1) is 12.5. The predicted molar refractivity (Wildman–Crippen MR) is 66.7 cm³/mol. The van der Waals surface area contributed by atoms with Gasteiger partial charge < -0.3 is 10.1 Å². The number of benzene rings is 1. The number of hydrogen-bond donors (Lipinski definition) is 1. The lowest BCUT2D eigenvalue weighted by Gasteiger charge is -2.18. The fourth-order valence-electron chi connectivity index (χ4n) is 2.03. The van der Waals surface area contributed by atoms with Crippen LogP contribution in [0.1, 0.15) is 30.7 Å². The summed E-state index contributed by atoms with van der Waals surface area (Å²) in [6, 6.07) is 7.71. The van der Waals surface area contributed by atoms with Gasteiger partial charge in [-0.3, -0.25) is 0 Å². The van der Waals surface area contributed by atoms with Crippen LogP contribution in [0.3, 0.4) is 0 Å². The number of hydrogen-bond acceptors (Lipinski definition) is 2. The van der Waals surface area contributed by atoms with Gasteiger partial charge in [-0.05, 0) is 30.9 Å². The molecule has 1 unspecified atom stereocenters. The molecule has 0 radical (unpaired) electrons. The Morgan fingerprint density at radius 1 is 1.41 bits per heavy atom. The molecule has 0 saturated heterocycles. The van der Waals surface area contributed by atoms with Crippen LogP contribution in [0.2, 0.25) is 0 Å². The number of halogens is 1. The molecular formula is C14H20FNO. The second-order valence-corrected chi connectivity index (χ2v) is 4.68. The van der Waals surface area contributed by atoms with Gasteiger partial charge in [-0.2, -0.15) is 0 Å². The minimum Gasteiger partial charge on any atom is -0.385 e. The zero-order valence-electron chi connectivity index (χ0n) is 10.3. The molecular weight excluding hydrogens is 217 g/mol. The first-order valence-electron chi connectivity index (χ1n) is 6.28. The summed E-state index contributed by atoms with van der Waals surface area (Å²) < 4.78 is 18.8. The molecule has 1 atom stereocenters. The average molecular weight is 237 g/mol. The lowest BCUT2D eigenvalue weighted by Crippen LogP contribution is -2.25. The Bertz CT molecular complexity index is 352. The predicted octanol–water partition coefficient (Wildman–Crippen LogP) is 2.70. The van der Waals surface area contributed by atoms with Crippen LogP contribution in [0.5, 0.6) is 0 Å². The maximum absolute atomic E-state index is 13.7. The minimum absolute atomic E-state index is 0.105. The zero-order chi connectivity index (χ0) is 12.1. The normalized spacial score (nSPS) is 17.1. The lowest BCUT2D eigenvalue weighted by molar-refractivity contribution is 0.186. The molecule has 0 spiro atoms. The summed E-state index contributed by atoms with van der Waals surface area (Å²) in [5.74, 6) is 0.1000. The monoisotopic (exact) mass is 237 g/mol. The fourth-order valence-corrected chi connectivity index (χ4v) is 2.03. The van der Waals surface area contributed by atoms with Crippen molar-refractivity contribution in [2.75, 3.05) is 20.3 Å². The molecule has 1 aliphatic rings. The van der Waals surface area contributed by atoms with Crippen LogP contribution < -0.4 is 5.32 Å². The Kier molecular flexibility index (Phi) is 4.51. The molecule has 1 aromatic carbocycles. The number of ether oxygens (including phenoxy) is 1. The summed E-state index contributed by atoms with van der Waals surface area (Å²) in [6.45, 7) is 1.51. The van der Waals surface area contributed by atoms with E-state index in [0.29, 0.717) is 12.6 Å². The Balaban J connectivity index is 1.99. The van der Waals surface area contributed by atoms with Gasteiger partial charge in [0, 0.05) is 32.2 Å². The molecule has 2 nitrogen and oxygen atoms in total. The van der Waals surface area contributed by atoms with Gasteiger partial charge in [-0.1, -0.05) is 18.2 Å². The molecule has 0 amide bonds. The van der Waals surface area contributed by atoms with Gasteiger partial charge in [0.1, 0.15) is 5.82 Å². The van der Waals surface area contributed by atoms with Crippen molar-refractivity contribution in [1.29, 1.82) is 0 Å². The van der Waals surface area contributed by atoms with E-state index in [0.717, 1.165) is 18.5 Å². The summed E-state index contributed by atoms with van der Waals surface area (Å²) in [5, 5.41) is 3.47. The molecule has 1 saturated carbocycles. The maximum Gasteiger partial charge on any atom is 0.126 e. The quantitative estimate of drug-likeness (QED) is 0.787. The van der Waals surface area contributed by atoms with Crippen molar-refractivity contribution in [2.45, 2.75) is 31.2 Å². The van der Waals surface area contributed by atoms with Gasteiger partial charge in [0.05, 0.1) is 0 Å². The topological polar surface area (TPSA) is 21.3 Å². The summed E-state index contributed by atoms with van der Waals surface area (Å²) in [6.07, 6.45) is 3.37. The van der Waals surface area contributed by atoms with Crippen LogP contribution in [0.25, 0.3) is 0 Å². The first-order valence-corrected chi connectivity index (χ1v) is 6.28. The molecule has 1 aromatic rings. The van der Waals surface area contributed by atoms with E-state index in [9.17, 15) is 4.39 Å². The van der Waals surface area contributed by atoms with E-state index in [4.69, 9.17) is 4.74 Å². The third-order valence-electron chi connectivity index (χ3n) is 3.25. The molecule has 1 aliphatic carbocycles. The van der Waals surface area contributed by atoms with E-state index in [-0.39, 0.29) is 11.7 Å². The van der Waals surface area contributed by atoms with Gasteiger partial charge in [-0.25, -0.2) is 4.39 Å². The van der Waals surface area contributed by atoms with E-state index in [1.807, 2.05) is 12.1 Å². The van der Waals surface area contributed by atoms with Crippen molar-refractivity contribution < 1.29 is 9.13 Å². The molecule has 3 heteroatoms. The molecule has 0 aliphatic heterocycles. The van der Waals surface area contributed by atoms with Crippen LogP contribution in [0.15, 0.2) is 24.3 Å². The summed E-state index contributed by atoms with van der Waals surface area (Å²) in [5.41, 5.74) is 0.803. The van der Waals surface area contributed by atoms with Crippen molar-refractivity contribution in [3.63, 3.8) is 0 Å². The highest BCUT2D eigenvalue weighted by Gasteiger charge is 2.23. The summed E-state index contributed by atoms with van der Waals surface area (Å²) >= 11 is 0. The van der Waals surface area contributed by atoms with Gasteiger partial charge in [0.2, 0.25) is 0 Å². The first-order chi connectivity index (χ1) is 8.31. The van der Waals surface area contributed by atoms with Crippen LogP contribution in [-0.2, 0) is 4.74 Å². The minimum atomic E-state index is -0.105. The molecule has 1 fully saturated rings. The Hall–Kier alpha value is -0.930. The standard InChI is InChI=1S/C14H20FNO/c1-17-9-8-11(10-16-12-6-7-12)13-4-2-3-5-14(13)15/h2-5,11-12,16H,6-10H2,1H3. The highest BCUT2D eigenvalue weighted by Crippen LogP contribution is 2.25. The summed E-state index contributed by atoms with van der Waals surface area (Å²) in [4.78, 5) is 0. The molecule has 17 heavy (non-hydrogen) atoms. The van der Waals surface area contributed by atoms with Crippen LogP contribution in [0.4, 0.5) is 4.39 Å². The number of nitrogens with one attached hydrogen (secondary N) is 1. The Morgan fingerprint density at radius 3 is 2.82 bits per heavy atom. The van der Waals surface area contributed by atoms with Crippen molar-refractivity contribution in [3.8, 4) is 0 Å². The fraction of sp³-hybridized carbons (Fsp3) is 0.571. The molecule has 0 bridgehead atoms. The third kappa shape index (κ3) is 3.79. The molecule has 0 aromatic heterocycles. The van der Waals surface area contributed by atoms with Crippen molar-refractivity contribution in [3.05, 3.63) is 35.6 Å². The van der Waals surface area contributed by atoms with Crippen molar-refractivity contribution >= 4 is 0 Å². The highest BCUT2D eigenvalue weighted by molar-refractivity contribution is 5.22. The van der Waals surface area contributed by atoms with Gasteiger partial charge in [-0.15, -0.1) is 0 Å². The lowest BCUT2D eigenvalue weighted by atomic mass is 9.95. The van der Waals surface area contributed by atoms with Gasteiger partial charge in [0.25, 0.3) is 0 Å². The number of rotatable bonds is 7. The summed E-state index contributed by atoms with van der Waals surface area (Å²) in [7, 11) is 1.69. The van der Waals surface area contributed by atoms with Crippen LogP contribution >= 0.6 is 0 Å². The zero-order valence-corrected chi connectivity index (χ0v) is 10.3. The second-order valence-electron chi connectivity index (χ2n) is 4.68. The maximum atomic E-state index is 13.7. The average Bonchev–Trinajstić information content (AvgIpc) is 3.15. The van der Waals surface area contributed by atoms with E-state index < -0.39 is 0 Å². The van der Waals surface area contributed by atoms with Gasteiger partial charge >= 0.3 is 0 Å². The van der Waals surface area contributed by atoms with Crippen molar-refractivity contribution in [1.82, 2.24) is 5.32 Å².